The van der Waals surface area contributed by atoms with Crippen LogP contribution in [0.5, 0.6) is 0 Å². The van der Waals surface area contributed by atoms with E-state index in [1.165, 1.54) is 12.1 Å². The van der Waals surface area contributed by atoms with E-state index in [4.69, 9.17) is 19.3 Å². The number of nitrogens with zero attached hydrogens (tertiary/aromatic N) is 1. The Balaban J connectivity index is 1.20. The second-order valence-corrected chi connectivity index (χ2v) is 10.1. The number of hydrogen-bond donors (Lipinski definition) is 4. The van der Waals surface area contributed by atoms with Gasteiger partial charge in [-0.05, 0) is 31.4 Å². The van der Waals surface area contributed by atoms with E-state index >= 15 is 0 Å². The lowest BCUT2D eigenvalue weighted by atomic mass is 10.0. The van der Waals surface area contributed by atoms with Crippen molar-refractivity contribution in [3.8, 4) is 0 Å². The van der Waals surface area contributed by atoms with Crippen molar-refractivity contribution in [2.24, 2.45) is 0 Å². The second-order valence-electron chi connectivity index (χ2n) is 10.1. The zero-order chi connectivity index (χ0) is 32.6. The normalized spacial score (nSPS) is 16.0. The molecular formula is C29H38N4O12. The van der Waals surface area contributed by atoms with Gasteiger partial charge in [-0.25, -0.2) is 4.79 Å². The van der Waals surface area contributed by atoms with Gasteiger partial charge >= 0.3 is 5.97 Å². The fourth-order valence-electron chi connectivity index (χ4n) is 4.58. The number of aliphatic carboxylic acids is 1. The van der Waals surface area contributed by atoms with E-state index in [1.807, 2.05) is 0 Å². The summed E-state index contributed by atoms with van der Waals surface area (Å²) in [6.07, 6.45) is 2.32. The van der Waals surface area contributed by atoms with Gasteiger partial charge in [0.15, 0.2) is 0 Å². The largest absolute Gasteiger partial charge is 0.480 e. The Morgan fingerprint density at radius 3 is 2.27 bits per heavy atom. The molecule has 6 amide bonds. The average Bonchev–Trinajstić information content (AvgIpc) is 3.25. The molecule has 0 radical (unpaired) electrons. The summed E-state index contributed by atoms with van der Waals surface area (Å²) in [4.78, 5) is 84.9. The number of carbonyl (C=O) groups is 7. The fourth-order valence-corrected chi connectivity index (χ4v) is 4.58. The second kappa shape index (κ2) is 18.5. The maximum Gasteiger partial charge on any atom is 0.329 e. The first-order valence-electron chi connectivity index (χ1n) is 14.6. The van der Waals surface area contributed by atoms with Crippen LogP contribution >= 0.6 is 0 Å². The van der Waals surface area contributed by atoms with Gasteiger partial charge in [0.2, 0.25) is 23.6 Å². The predicted octanol–water partition coefficient (Wildman–Crippen LogP) is -0.146. The zero-order valence-corrected chi connectivity index (χ0v) is 24.8. The molecule has 0 aromatic heterocycles. The number of benzene rings is 1. The molecule has 1 fully saturated rings. The molecule has 2 aliphatic heterocycles. The Hall–Kier alpha value is -4.25. The van der Waals surface area contributed by atoms with Crippen molar-refractivity contribution >= 4 is 47.1 Å². The summed E-state index contributed by atoms with van der Waals surface area (Å²) >= 11 is 0. The number of ether oxygens (including phenoxy) is 4. The van der Waals surface area contributed by atoms with E-state index in [0.29, 0.717) is 39.5 Å². The topological polar surface area (TPSA) is 216 Å². The van der Waals surface area contributed by atoms with E-state index in [-0.39, 0.29) is 61.7 Å². The van der Waals surface area contributed by atoms with Crippen molar-refractivity contribution < 1.29 is 57.6 Å². The van der Waals surface area contributed by atoms with Gasteiger partial charge in [0.1, 0.15) is 19.3 Å². The lowest BCUT2D eigenvalue weighted by molar-refractivity contribution is -0.143. The number of rotatable bonds is 21. The molecule has 2 heterocycles. The summed E-state index contributed by atoms with van der Waals surface area (Å²) in [6, 6.07) is 3.47. The smallest absolute Gasteiger partial charge is 0.329 e. The molecule has 246 valence electrons. The quantitative estimate of drug-likeness (QED) is 0.103. The Kier molecular flexibility index (Phi) is 14.5. The number of anilines is 1. The summed E-state index contributed by atoms with van der Waals surface area (Å²) in [7, 11) is 0. The maximum atomic E-state index is 13.1. The van der Waals surface area contributed by atoms with Crippen LogP contribution in [0.1, 0.15) is 59.2 Å². The molecule has 1 atom stereocenters. The van der Waals surface area contributed by atoms with Gasteiger partial charge in [0.05, 0.1) is 49.8 Å². The number of unbranched alkanes of at least 4 members (excludes halogenated alkanes) is 2. The van der Waals surface area contributed by atoms with Gasteiger partial charge in [-0.2, -0.15) is 0 Å². The van der Waals surface area contributed by atoms with E-state index < -0.39 is 48.2 Å². The Morgan fingerprint density at radius 2 is 1.56 bits per heavy atom. The first kappa shape index (κ1) is 35.2. The molecular weight excluding hydrogens is 596 g/mol. The summed E-state index contributed by atoms with van der Waals surface area (Å²) < 4.78 is 20.9. The van der Waals surface area contributed by atoms with Crippen molar-refractivity contribution in [2.45, 2.75) is 44.6 Å². The van der Waals surface area contributed by atoms with Crippen LogP contribution in [0.2, 0.25) is 0 Å². The highest BCUT2D eigenvalue weighted by Gasteiger charge is 2.45. The molecule has 0 aliphatic carbocycles. The van der Waals surface area contributed by atoms with E-state index in [0.717, 1.165) is 17.7 Å². The molecule has 2 aliphatic rings. The third-order valence-electron chi connectivity index (χ3n) is 6.71. The van der Waals surface area contributed by atoms with Crippen LogP contribution in [0.15, 0.2) is 18.2 Å². The lowest BCUT2D eigenvalue weighted by Crippen LogP contribution is -2.54. The van der Waals surface area contributed by atoms with Crippen molar-refractivity contribution in [3.05, 3.63) is 29.3 Å². The van der Waals surface area contributed by atoms with Crippen molar-refractivity contribution in [1.29, 1.82) is 0 Å². The monoisotopic (exact) mass is 634 g/mol. The Labute approximate surface area is 259 Å². The molecule has 0 bridgehead atoms. The van der Waals surface area contributed by atoms with Crippen molar-refractivity contribution in [3.63, 3.8) is 0 Å². The minimum Gasteiger partial charge on any atom is -0.480 e. The first-order chi connectivity index (χ1) is 21.7. The highest BCUT2D eigenvalue weighted by molar-refractivity contribution is 6.26. The van der Waals surface area contributed by atoms with Crippen LogP contribution in [0.25, 0.3) is 0 Å². The predicted molar refractivity (Wildman–Crippen MR) is 154 cm³/mol. The minimum atomic E-state index is -1.14. The molecule has 1 unspecified atom stereocenters. The van der Waals surface area contributed by atoms with Gasteiger partial charge < -0.3 is 34.7 Å². The number of hydrogen-bond acceptors (Lipinski definition) is 11. The summed E-state index contributed by atoms with van der Waals surface area (Å²) in [5, 5.41) is 15.8. The molecule has 3 rings (SSSR count). The van der Waals surface area contributed by atoms with Crippen molar-refractivity contribution in [2.75, 3.05) is 64.7 Å². The van der Waals surface area contributed by atoms with Crippen LogP contribution in [0, 0.1) is 0 Å². The number of fused-ring (bicyclic) bond motifs is 1. The standard InChI is InChI=1S/C29H38N4O12/c34-22(7-2-1-3-11-42-13-15-44-16-14-43-12-10-30-24(36)17-45-18-25(37)38)31-20-6-4-5-19-26(20)29(41)33(28(19)40)21-8-9-23(35)32-27(21)39/h4-6,21H,1-3,7-18H2,(H,30,36)(H,31,34)(H,37,38)(H,32,35,39). The van der Waals surface area contributed by atoms with Crippen molar-refractivity contribution in [1.82, 2.24) is 15.5 Å². The number of carboxylic acids is 1. The van der Waals surface area contributed by atoms with Gasteiger partial charge in [-0.3, -0.25) is 39.0 Å². The Bertz CT molecular complexity index is 1250. The van der Waals surface area contributed by atoms with Gasteiger partial charge in [0.25, 0.3) is 11.8 Å². The zero-order valence-electron chi connectivity index (χ0n) is 24.8. The van der Waals surface area contributed by atoms with Crippen LogP contribution in [-0.2, 0) is 42.9 Å². The minimum absolute atomic E-state index is 0.0191. The molecule has 0 spiro atoms. The van der Waals surface area contributed by atoms with Gasteiger partial charge in [-0.1, -0.05) is 12.5 Å². The molecule has 1 saturated heterocycles. The molecule has 1 aromatic rings. The molecule has 4 N–H and O–H groups in total. The number of amides is 6. The molecule has 45 heavy (non-hydrogen) atoms. The number of carboxylic acid groups (broad SMARTS) is 1. The average molecular weight is 635 g/mol. The van der Waals surface area contributed by atoms with Gasteiger partial charge in [0, 0.05) is 26.0 Å². The van der Waals surface area contributed by atoms with Crippen LogP contribution < -0.4 is 16.0 Å². The van der Waals surface area contributed by atoms with Gasteiger partial charge in [-0.15, -0.1) is 0 Å². The molecule has 0 saturated carbocycles. The number of carbonyl (C=O) groups excluding carboxylic acids is 6. The fraction of sp³-hybridized carbons (Fsp3) is 0.552. The van der Waals surface area contributed by atoms with Crippen LogP contribution in [0.3, 0.4) is 0 Å². The lowest BCUT2D eigenvalue weighted by Gasteiger charge is -2.27. The third-order valence-corrected chi connectivity index (χ3v) is 6.71. The highest BCUT2D eigenvalue weighted by atomic mass is 16.5. The molecule has 16 nitrogen and oxygen atoms in total. The first-order valence-corrected chi connectivity index (χ1v) is 14.6. The maximum absolute atomic E-state index is 13.1. The van der Waals surface area contributed by atoms with E-state index in [1.54, 1.807) is 6.07 Å². The van der Waals surface area contributed by atoms with E-state index in [9.17, 15) is 33.6 Å². The van der Waals surface area contributed by atoms with Crippen LogP contribution in [-0.4, -0.2) is 117 Å². The summed E-state index contributed by atoms with van der Waals surface area (Å²) in [5.41, 5.74) is 0.333. The number of nitrogens with one attached hydrogen (secondary N) is 3. The summed E-state index contributed by atoms with van der Waals surface area (Å²) in [6.45, 7) is 1.64. The summed E-state index contributed by atoms with van der Waals surface area (Å²) in [5.74, 6) is -4.36. The number of piperidine rings is 1. The Morgan fingerprint density at radius 1 is 0.844 bits per heavy atom. The van der Waals surface area contributed by atoms with E-state index in [2.05, 4.69) is 20.7 Å². The molecule has 16 heteroatoms. The van der Waals surface area contributed by atoms with Crippen LogP contribution in [0.4, 0.5) is 5.69 Å². The highest BCUT2D eigenvalue weighted by Crippen LogP contribution is 2.32. The SMILES string of the molecule is O=C(O)COCC(=O)NCCOCCOCCOCCCCCC(=O)Nc1cccc2c1C(=O)N(C1CCC(=O)NC1=O)C2=O. The third kappa shape index (κ3) is 11.3. The number of imide groups is 2. The molecule has 1 aromatic carbocycles.